The minimum absolute atomic E-state index is 0.779. The minimum atomic E-state index is 0.779. The molecule has 1 aliphatic carbocycles. The monoisotopic (exact) mass is 211 g/mol. The summed E-state index contributed by atoms with van der Waals surface area (Å²) in [6.45, 7) is 3.16. The Morgan fingerprint density at radius 3 is 2.93 bits per heavy atom. The maximum atomic E-state index is 5.19. The number of aromatic nitrogens is 3. The molecule has 0 aromatic carbocycles. The molecule has 1 N–H and O–H groups in total. The Balaban J connectivity index is 1.99. The van der Waals surface area contributed by atoms with E-state index in [1.54, 1.807) is 0 Å². The van der Waals surface area contributed by atoms with E-state index in [0.717, 1.165) is 29.5 Å². The first-order valence-corrected chi connectivity index (χ1v) is 5.86. The van der Waals surface area contributed by atoms with Gasteiger partial charge < -0.3 is 4.57 Å². The second-order valence-corrected chi connectivity index (χ2v) is 4.42. The number of H-pyrrole nitrogens is 1. The van der Waals surface area contributed by atoms with Crippen LogP contribution in [0.15, 0.2) is 0 Å². The molecule has 1 fully saturated rings. The van der Waals surface area contributed by atoms with Crippen LogP contribution in [-0.4, -0.2) is 14.8 Å². The second-order valence-electron chi connectivity index (χ2n) is 4.04. The quantitative estimate of drug-likeness (QED) is 0.777. The Morgan fingerprint density at radius 1 is 1.57 bits per heavy atom. The lowest BCUT2D eigenvalue weighted by atomic mass is 9.83. The standard InChI is InChI=1S/C10H17N3S/c1-2-9-11-12-10(14)13(9)7-6-8-4-3-5-8/h8H,2-7H2,1H3,(H,12,14). The lowest BCUT2D eigenvalue weighted by molar-refractivity contribution is 0.280. The molecular weight excluding hydrogens is 194 g/mol. The van der Waals surface area contributed by atoms with E-state index in [1.165, 1.54) is 25.7 Å². The molecule has 0 radical (unpaired) electrons. The van der Waals surface area contributed by atoms with E-state index in [1.807, 2.05) is 0 Å². The van der Waals surface area contributed by atoms with Gasteiger partial charge >= 0.3 is 0 Å². The van der Waals surface area contributed by atoms with Crippen molar-refractivity contribution in [3.8, 4) is 0 Å². The Hall–Kier alpha value is -0.640. The van der Waals surface area contributed by atoms with Crippen LogP contribution in [0.1, 0.15) is 38.4 Å². The van der Waals surface area contributed by atoms with Crippen LogP contribution in [0.2, 0.25) is 0 Å². The van der Waals surface area contributed by atoms with Gasteiger partial charge in [0.25, 0.3) is 0 Å². The third-order valence-electron chi connectivity index (χ3n) is 3.14. The lowest BCUT2D eigenvalue weighted by Crippen LogP contribution is -2.15. The molecule has 3 nitrogen and oxygen atoms in total. The maximum Gasteiger partial charge on any atom is 0.195 e. The number of nitrogens with zero attached hydrogens (tertiary/aromatic N) is 2. The van der Waals surface area contributed by atoms with E-state index in [9.17, 15) is 0 Å². The van der Waals surface area contributed by atoms with Crippen LogP contribution in [0.5, 0.6) is 0 Å². The Bertz CT molecular complexity index is 348. The number of aryl methyl sites for hydroxylation is 1. The Morgan fingerprint density at radius 2 is 2.36 bits per heavy atom. The lowest BCUT2D eigenvalue weighted by Gasteiger charge is -2.25. The summed E-state index contributed by atoms with van der Waals surface area (Å²) >= 11 is 5.19. The van der Waals surface area contributed by atoms with Crippen molar-refractivity contribution in [3.05, 3.63) is 10.6 Å². The Kier molecular flexibility index (Phi) is 3.01. The minimum Gasteiger partial charge on any atom is -0.304 e. The predicted octanol–water partition coefficient (Wildman–Crippen LogP) is 2.69. The van der Waals surface area contributed by atoms with Gasteiger partial charge in [-0.1, -0.05) is 26.2 Å². The van der Waals surface area contributed by atoms with Gasteiger partial charge in [0, 0.05) is 13.0 Å². The number of hydrogen-bond donors (Lipinski definition) is 1. The summed E-state index contributed by atoms with van der Waals surface area (Å²) in [7, 11) is 0. The van der Waals surface area contributed by atoms with E-state index >= 15 is 0 Å². The summed E-state index contributed by atoms with van der Waals surface area (Å²) in [5, 5.41) is 7.07. The molecule has 1 heterocycles. The van der Waals surface area contributed by atoms with Crippen molar-refractivity contribution in [1.29, 1.82) is 0 Å². The molecule has 0 spiro atoms. The summed E-state index contributed by atoms with van der Waals surface area (Å²) in [4.78, 5) is 0. The zero-order valence-corrected chi connectivity index (χ0v) is 9.44. The van der Waals surface area contributed by atoms with Crippen LogP contribution < -0.4 is 0 Å². The average molecular weight is 211 g/mol. The van der Waals surface area contributed by atoms with Gasteiger partial charge in [-0.3, -0.25) is 5.10 Å². The molecule has 1 aromatic heterocycles. The highest BCUT2D eigenvalue weighted by Gasteiger charge is 2.17. The molecule has 0 aliphatic heterocycles. The van der Waals surface area contributed by atoms with E-state index < -0.39 is 0 Å². The van der Waals surface area contributed by atoms with Gasteiger partial charge in [0.1, 0.15) is 5.82 Å². The largest absolute Gasteiger partial charge is 0.304 e. The molecule has 1 aliphatic rings. The molecule has 0 bridgehead atoms. The zero-order valence-electron chi connectivity index (χ0n) is 8.62. The van der Waals surface area contributed by atoms with Gasteiger partial charge in [-0.25, -0.2) is 0 Å². The van der Waals surface area contributed by atoms with Crippen LogP contribution in [0.3, 0.4) is 0 Å². The van der Waals surface area contributed by atoms with Gasteiger partial charge in [-0.2, -0.15) is 5.10 Å². The first kappa shape index (κ1) is 9.90. The summed E-state index contributed by atoms with van der Waals surface area (Å²) in [5.41, 5.74) is 0. The van der Waals surface area contributed by atoms with Crippen molar-refractivity contribution >= 4 is 12.2 Å². The highest BCUT2D eigenvalue weighted by Crippen LogP contribution is 2.29. The second kappa shape index (κ2) is 4.26. The number of aromatic amines is 1. The molecule has 78 valence electrons. The highest BCUT2D eigenvalue weighted by molar-refractivity contribution is 7.71. The fourth-order valence-corrected chi connectivity index (χ4v) is 2.19. The van der Waals surface area contributed by atoms with Gasteiger partial charge in [0.15, 0.2) is 4.77 Å². The molecule has 0 saturated heterocycles. The average Bonchev–Trinajstić information content (AvgIpc) is 2.45. The predicted molar refractivity (Wildman–Crippen MR) is 58.7 cm³/mol. The maximum absolute atomic E-state index is 5.19. The third-order valence-corrected chi connectivity index (χ3v) is 3.45. The summed E-state index contributed by atoms with van der Waals surface area (Å²) in [6.07, 6.45) is 6.46. The number of hydrogen-bond acceptors (Lipinski definition) is 2. The first-order chi connectivity index (χ1) is 6.81. The van der Waals surface area contributed by atoms with Crippen LogP contribution in [0.25, 0.3) is 0 Å². The molecule has 14 heavy (non-hydrogen) atoms. The number of nitrogens with one attached hydrogen (secondary N) is 1. The molecule has 0 atom stereocenters. The first-order valence-electron chi connectivity index (χ1n) is 5.45. The van der Waals surface area contributed by atoms with Crippen molar-refractivity contribution in [3.63, 3.8) is 0 Å². The normalized spacial score (nSPS) is 16.9. The van der Waals surface area contributed by atoms with Crippen LogP contribution in [-0.2, 0) is 13.0 Å². The smallest absolute Gasteiger partial charge is 0.195 e. The molecule has 2 rings (SSSR count). The Labute approximate surface area is 89.5 Å². The topological polar surface area (TPSA) is 33.6 Å². The molecule has 4 heteroatoms. The summed E-state index contributed by atoms with van der Waals surface area (Å²) in [5.74, 6) is 2.03. The van der Waals surface area contributed by atoms with Crippen molar-refractivity contribution in [2.75, 3.05) is 0 Å². The highest BCUT2D eigenvalue weighted by atomic mass is 32.1. The molecular formula is C10H17N3S. The molecule has 0 unspecified atom stereocenters. The zero-order chi connectivity index (χ0) is 9.97. The van der Waals surface area contributed by atoms with Crippen LogP contribution in [0, 0.1) is 10.7 Å². The van der Waals surface area contributed by atoms with Crippen molar-refractivity contribution in [1.82, 2.24) is 14.8 Å². The van der Waals surface area contributed by atoms with Crippen molar-refractivity contribution in [2.45, 2.75) is 45.6 Å². The molecule has 1 aromatic rings. The summed E-state index contributed by atoms with van der Waals surface area (Å²) in [6, 6.07) is 0. The third kappa shape index (κ3) is 1.90. The van der Waals surface area contributed by atoms with Gasteiger partial charge in [0.05, 0.1) is 0 Å². The van der Waals surface area contributed by atoms with E-state index in [0.29, 0.717) is 0 Å². The van der Waals surface area contributed by atoms with Gasteiger partial charge in [-0.05, 0) is 24.6 Å². The van der Waals surface area contributed by atoms with Gasteiger partial charge in [-0.15, -0.1) is 0 Å². The number of rotatable bonds is 4. The van der Waals surface area contributed by atoms with Crippen LogP contribution in [0.4, 0.5) is 0 Å². The fraction of sp³-hybridized carbons (Fsp3) is 0.800. The van der Waals surface area contributed by atoms with E-state index in [4.69, 9.17) is 12.2 Å². The van der Waals surface area contributed by atoms with Crippen LogP contribution >= 0.6 is 12.2 Å². The van der Waals surface area contributed by atoms with Crippen molar-refractivity contribution in [2.24, 2.45) is 5.92 Å². The van der Waals surface area contributed by atoms with Crippen molar-refractivity contribution < 1.29 is 0 Å². The van der Waals surface area contributed by atoms with E-state index in [2.05, 4.69) is 21.7 Å². The molecule has 0 amide bonds. The molecule has 1 saturated carbocycles. The van der Waals surface area contributed by atoms with E-state index in [-0.39, 0.29) is 0 Å². The fourth-order valence-electron chi connectivity index (χ4n) is 1.94. The van der Waals surface area contributed by atoms with Gasteiger partial charge in [0.2, 0.25) is 0 Å². The summed E-state index contributed by atoms with van der Waals surface area (Å²) < 4.78 is 2.93. The SMILES string of the molecule is CCc1n[nH]c(=S)n1CCC1CCC1.